The molecule has 0 spiro atoms. The second kappa shape index (κ2) is 9.68. The number of anilines is 1. The predicted molar refractivity (Wildman–Crippen MR) is 99.3 cm³/mol. The van der Waals surface area contributed by atoms with Crippen molar-refractivity contribution in [3.05, 3.63) is 53.1 Å². The van der Waals surface area contributed by atoms with Gasteiger partial charge in [-0.1, -0.05) is 24.9 Å². The fourth-order valence-corrected chi connectivity index (χ4v) is 2.24. The molecule has 7 heteroatoms. The van der Waals surface area contributed by atoms with Crippen LogP contribution in [-0.4, -0.2) is 25.8 Å². The lowest BCUT2D eigenvalue weighted by Crippen LogP contribution is -2.17. The van der Waals surface area contributed by atoms with Gasteiger partial charge >= 0.3 is 12.1 Å². The Bertz CT molecular complexity index is 761. The summed E-state index contributed by atoms with van der Waals surface area (Å²) in [5.74, 6) is 0.465. The number of carbonyl (C=O) groups excluding carboxylic acids is 2. The third-order valence-electron chi connectivity index (χ3n) is 3.44. The lowest BCUT2D eigenvalue weighted by Gasteiger charge is -2.09. The minimum atomic E-state index is -0.699. The summed E-state index contributed by atoms with van der Waals surface area (Å²) in [6, 6.07) is 11.0. The molecule has 26 heavy (non-hydrogen) atoms. The molecule has 0 bridgehead atoms. The van der Waals surface area contributed by atoms with E-state index in [1.54, 1.807) is 18.2 Å². The fourth-order valence-electron chi connectivity index (χ4n) is 2.02. The van der Waals surface area contributed by atoms with Crippen molar-refractivity contribution in [1.82, 2.24) is 0 Å². The highest BCUT2D eigenvalue weighted by atomic mass is 35.5. The van der Waals surface area contributed by atoms with Crippen LogP contribution in [0.4, 0.5) is 10.5 Å². The number of hydrogen-bond acceptors (Lipinski definition) is 5. The normalized spacial score (nSPS) is 10.1. The maximum absolute atomic E-state index is 12.0. The largest absolute Gasteiger partial charge is 0.497 e. The van der Waals surface area contributed by atoms with Gasteiger partial charge in [-0.05, 0) is 42.8 Å². The van der Waals surface area contributed by atoms with Crippen LogP contribution < -0.4 is 14.8 Å². The van der Waals surface area contributed by atoms with Crippen LogP contribution in [0.2, 0.25) is 5.02 Å². The summed E-state index contributed by atoms with van der Waals surface area (Å²) in [4.78, 5) is 23.8. The van der Waals surface area contributed by atoms with Crippen molar-refractivity contribution >= 4 is 29.4 Å². The zero-order valence-corrected chi connectivity index (χ0v) is 15.3. The monoisotopic (exact) mass is 377 g/mol. The molecule has 1 N–H and O–H groups in total. The molecule has 0 radical (unpaired) electrons. The number of rotatable bonds is 7. The van der Waals surface area contributed by atoms with E-state index in [4.69, 9.17) is 25.8 Å². The topological polar surface area (TPSA) is 73.9 Å². The Labute approximate surface area is 157 Å². The van der Waals surface area contributed by atoms with Crippen LogP contribution in [0.5, 0.6) is 11.5 Å². The third kappa shape index (κ3) is 5.67. The fraction of sp³-hybridized carbons (Fsp3) is 0.263. The van der Waals surface area contributed by atoms with E-state index in [2.05, 4.69) is 5.32 Å². The van der Waals surface area contributed by atoms with Crippen LogP contribution in [0, 0.1) is 0 Å². The molecule has 0 saturated carbocycles. The van der Waals surface area contributed by atoms with Gasteiger partial charge in [0, 0.05) is 6.07 Å². The van der Waals surface area contributed by atoms with E-state index < -0.39 is 12.1 Å². The van der Waals surface area contributed by atoms with Crippen molar-refractivity contribution < 1.29 is 23.8 Å². The van der Waals surface area contributed by atoms with Gasteiger partial charge in [0.05, 0.1) is 30.0 Å². The second-order valence-corrected chi connectivity index (χ2v) is 5.78. The van der Waals surface area contributed by atoms with Crippen molar-refractivity contribution in [2.45, 2.75) is 19.8 Å². The average Bonchev–Trinajstić information content (AvgIpc) is 2.64. The number of esters is 1. The van der Waals surface area contributed by atoms with Crippen LogP contribution in [0.3, 0.4) is 0 Å². The molecular weight excluding hydrogens is 358 g/mol. The Morgan fingerprint density at radius 3 is 2.38 bits per heavy atom. The van der Waals surface area contributed by atoms with Crippen LogP contribution in [0.25, 0.3) is 0 Å². The van der Waals surface area contributed by atoms with Crippen molar-refractivity contribution in [3.63, 3.8) is 0 Å². The summed E-state index contributed by atoms with van der Waals surface area (Å²) in [5, 5.41) is 2.87. The maximum Gasteiger partial charge on any atom is 0.417 e. The van der Waals surface area contributed by atoms with Gasteiger partial charge in [0.25, 0.3) is 0 Å². The van der Waals surface area contributed by atoms with Gasteiger partial charge < -0.3 is 14.2 Å². The first-order valence-corrected chi connectivity index (χ1v) is 8.51. The molecule has 0 aromatic heterocycles. The molecule has 0 saturated heterocycles. The van der Waals surface area contributed by atoms with E-state index in [1.807, 2.05) is 6.92 Å². The molecule has 0 aliphatic carbocycles. The van der Waals surface area contributed by atoms with E-state index in [0.717, 1.165) is 12.8 Å². The minimum Gasteiger partial charge on any atom is -0.497 e. The summed E-state index contributed by atoms with van der Waals surface area (Å²) in [6.45, 7) is 2.41. The molecule has 0 unspecified atom stereocenters. The minimum absolute atomic E-state index is 0.289. The van der Waals surface area contributed by atoms with Gasteiger partial charge in [-0.15, -0.1) is 0 Å². The van der Waals surface area contributed by atoms with Gasteiger partial charge in [-0.25, -0.2) is 9.59 Å². The lowest BCUT2D eigenvalue weighted by atomic mass is 10.2. The molecule has 2 aromatic rings. The first kappa shape index (κ1) is 19.6. The zero-order valence-electron chi connectivity index (χ0n) is 14.6. The highest BCUT2D eigenvalue weighted by molar-refractivity contribution is 6.33. The highest BCUT2D eigenvalue weighted by Crippen LogP contribution is 2.26. The Balaban J connectivity index is 1.92. The van der Waals surface area contributed by atoms with E-state index in [1.165, 1.54) is 31.4 Å². The van der Waals surface area contributed by atoms with Crippen molar-refractivity contribution in [1.29, 1.82) is 0 Å². The number of benzene rings is 2. The van der Waals surface area contributed by atoms with Crippen LogP contribution in [0.1, 0.15) is 30.1 Å². The molecule has 0 aliphatic rings. The average molecular weight is 378 g/mol. The lowest BCUT2D eigenvalue weighted by molar-refractivity contribution is 0.0499. The van der Waals surface area contributed by atoms with E-state index in [0.29, 0.717) is 28.6 Å². The molecule has 2 rings (SSSR count). The molecule has 0 heterocycles. The Hall–Kier alpha value is -2.73. The number of hydrogen-bond donors (Lipinski definition) is 1. The summed E-state index contributed by atoms with van der Waals surface area (Å²) in [6.07, 6.45) is 1.07. The third-order valence-corrected chi connectivity index (χ3v) is 3.76. The summed E-state index contributed by atoms with van der Waals surface area (Å²) >= 11 is 6.06. The molecule has 6 nitrogen and oxygen atoms in total. The van der Waals surface area contributed by atoms with Crippen molar-refractivity contribution in [2.24, 2.45) is 0 Å². The molecule has 1 amide bonds. The first-order valence-electron chi connectivity index (χ1n) is 8.13. The van der Waals surface area contributed by atoms with Gasteiger partial charge in [-0.3, -0.25) is 5.32 Å². The SMILES string of the molecule is CCCCOC(=O)c1ccc(OC(=O)Nc2ccc(OC)cc2Cl)cc1. The highest BCUT2D eigenvalue weighted by Gasteiger charge is 2.11. The van der Waals surface area contributed by atoms with Crippen LogP contribution in [0.15, 0.2) is 42.5 Å². The van der Waals surface area contributed by atoms with Gasteiger partial charge in [-0.2, -0.15) is 0 Å². The predicted octanol–water partition coefficient (Wildman–Crippen LogP) is 4.92. The first-order chi connectivity index (χ1) is 12.5. The number of ether oxygens (including phenoxy) is 3. The zero-order chi connectivity index (χ0) is 18.9. The maximum atomic E-state index is 12.0. The second-order valence-electron chi connectivity index (χ2n) is 5.37. The number of methoxy groups -OCH3 is 1. The van der Waals surface area contributed by atoms with E-state index in [-0.39, 0.29) is 5.75 Å². The van der Waals surface area contributed by atoms with Crippen LogP contribution in [-0.2, 0) is 4.74 Å². The van der Waals surface area contributed by atoms with Crippen LogP contribution >= 0.6 is 11.6 Å². The molecule has 2 aromatic carbocycles. The molecular formula is C19H20ClNO5. The Morgan fingerprint density at radius 2 is 1.77 bits per heavy atom. The summed E-state index contributed by atoms with van der Waals surface area (Å²) in [7, 11) is 1.52. The molecule has 0 aliphatic heterocycles. The number of halogens is 1. The number of amides is 1. The number of nitrogens with one attached hydrogen (secondary N) is 1. The van der Waals surface area contributed by atoms with E-state index in [9.17, 15) is 9.59 Å². The van der Waals surface area contributed by atoms with Crippen molar-refractivity contribution in [2.75, 3.05) is 19.0 Å². The molecule has 138 valence electrons. The quantitative estimate of drug-likeness (QED) is 0.547. The summed E-state index contributed by atoms with van der Waals surface area (Å²) in [5.41, 5.74) is 0.792. The summed E-state index contributed by atoms with van der Waals surface area (Å²) < 4.78 is 15.3. The molecule has 0 fully saturated rings. The molecule has 0 atom stereocenters. The van der Waals surface area contributed by atoms with Gasteiger partial charge in [0.1, 0.15) is 11.5 Å². The van der Waals surface area contributed by atoms with Gasteiger partial charge in [0.15, 0.2) is 0 Å². The van der Waals surface area contributed by atoms with Crippen molar-refractivity contribution in [3.8, 4) is 11.5 Å². The Morgan fingerprint density at radius 1 is 1.08 bits per heavy atom. The standard InChI is InChI=1S/C19H20ClNO5/c1-3-4-11-25-18(22)13-5-7-14(8-6-13)26-19(23)21-17-10-9-15(24-2)12-16(17)20/h5-10,12H,3-4,11H2,1-2H3,(H,21,23). The van der Waals surface area contributed by atoms with Gasteiger partial charge in [0.2, 0.25) is 0 Å². The number of carbonyl (C=O) groups is 2. The van der Waals surface area contributed by atoms with E-state index >= 15 is 0 Å². The Kier molecular flexibility index (Phi) is 7.29. The number of unbranched alkanes of at least 4 members (excludes halogenated alkanes) is 1. The smallest absolute Gasteiger partial charge is 0.417 e.